The normalized spacial score (nSPS) is 21.7. The SMILES string of the molecule is O[C@@H](COc1cccc(CNCC2(O)CCCCC2)c1)CN1CCOCC1. The van der Waals surface area contributed by atoms with Crippen molar-refractivity contribution >= 4 is 0 Å². The van der Waals surface area contributed by atoms with Crippen molar-refractivity contribution < 1.29 is 19.7 Å². The summed E-state index contributed by atoms with van der Waals surface area (Å²) in [7, 11) is 0. The molecule has 0 spiro atoms. The van der Waals surface area contributed by atoms with Crippen LogP contribution in [0.4, 0.5) is 0 Å². The van der Waals surface area contributed by atoms with E-state index in [0.717, 1.165) is 63.3 Å². The minimum Gasteiger partial charge on any atom is -0.491 e. The molecule has 1 atom stereocenters. The lowest BCUT2D eigenvalue weighted by Gasteiger charge is -2.32. The first-order valence-electron chi connectivity index (χ1n) is 10.3. The number of rotatable bonds is 9. The van der Waals surface area contributed by atoms with Gasteiger partial charge in [-0.25, -0.2) is 0 Å². The van der Waals surface area contributed by atoms with Crippen molar-refractivity contribution in [1.29, 1.82) is 0 Å². The van der Waals surface area contributed by atoms with Crippen molar-refractivity contribution in [2.45, 2.75) is 50.4 Å². The first-order chi connectivity index (χ1) is 13.1. The number of β-amino-alcohol motifs (C(OH)–C–C–N with tert-alkyl or cyclic N) is 1. The van der Waals surface area contributed by atoms with Crippen LogP contribution in [0.25, 0.3) is 0 Å². The van der Waals surface area contributed by atoms with E-state index in [4.69, 9.17) is 9.47 Å². The third kappa shape index (κ3) is 7.05. The maximum absolute atomic E-state index is 10.6. The molecule has 0 amide bonds. The molecule has 1 heterocycles. The fourth-order valence-corrected chi connectivity index (χ4v) is 3.90. The van der Waals surface area contributed by atoms with Gasteiger partial charge in [-0.3, -0.25) is 4.90 Å². The van der Waals surface area contributed by atoms with Gasteiger partial charge in [-0.1, -0.05) is 31.4 Å². The Morgan fingerprint density at radius 1 is 1.19 bits per heavy atom. The van der Waals surface area contributed by atoms with Gasteiger partial charge in [0.15, 0.2) is 0 Å². The number of morpholine rings is 1. The van der Waals surface area contributed by atoms with Crippen LogP contribution in [-0.4, -0.2) is 72.8 Å². The molecule has 1 aromatic rings. The van der Waals surface area contributed by atoms with E-state index in [1.165, 1.54) is 6.42 Å². The van der Waals surface area contributed by atoms with Crippen LogP contribution < -0.4 is 10.1 Å². The van der Waals surface area contributed by atoms with E-state index in [0.29, 0.717) is 19.6 Å². The van der Waals surface area contributed by atoms with Gasteiger partial charge < -0.3 is 25.0 Å². The maximum Gasteiger partial charge on any atom is 0.119 e. The van der Waals surface area contributed by atoms with Crippen LogP contribution >= 0.6 is 0 Å². The highest BCUT2D eigenvalue weighted by atomic mass is 16.5. The van der Waals surface area contributed by atoms with Crippen molar-refractivity contribution in [3.8, 4) is 5.75 Å². The minimum atomic E-state index is -0.546. The van der Waals surface area contributed by atoms with Gasteiger partial charge in [-0.15, -0.1) is 0 Å². The first-order valence-corrected chi connectivity index (χ1v) is 10.3. The Hall–Kier alpha value is -1.18. The molecule has 0 bridgehead atoms. The van der Waals surface area contributed by atoms with Crippen LogP contribution in [-0.2, 0) is 11.3 Å². The van der Waals surface area contributed by atoms with E-state index >= 15 is 0 Å². The maximum atomic E-state index is 10.6. The van der Waals surface area contributed by atoms with Crippen molar-refractivity contribution in [3.63, 3.8) is 0 Å². The fourth-order valence-electron chi connectivity index (χ4n) is 3.90. The molecule has 3 N–H and O–H groups in total. The summed E-state index contributed by atoms with van der Waals surface area (Å²) in [6.07, 6.45) is 4.75. The molecule has 0 aromatic heterocycles. The van der Waals surface area contributed by atoms with Gasteiger partial charge in [0.25, 0.3) is 0 Å². The second-order valence-electron chi connectivity index (χ2n) is 7.91. The number of nitrogens with zero attached hydrogens (tertiary/aromatic N) is 1. The Balaban J connectivity index is 1.38. The van der Waals surface area contributed by atoms with E-state index in [-0.39, 0.29) is 6.61 Å². The zero-order valence-electron chi connectivity index (χ0n) is 16.2. The van der Waals surface area contributed by atoms with Crippen LogP contribution in [0.1, 0.15) is 37.7 Å². The molecule has 1 aromatic carbocycles. The molecule has 1 aliphatic heterocycles. The molecule has 2 fully saturated rings. The van der Waals surface area contributed by atoms with Gasteiger partial charge in [-0.05, 0) is 30.5 Å². The molecule has 3 rings (SSSR count). The molecule has 1 saturated heterocycles. The van der Waals surface area contributed by atoms with Gasteiger partial charge in [0, 0.05) is 32.7 Å². The van der Waals surface area contributed by atoms with Gasteiger partial charge in [-0.2, -0.15) is 0 Å². The number of aliphatic hydroxyl groups excluding tert-OH is 1. The Morgan fingerprint density at radius 3 is 2.74 bits per heavy atom. The zero-order chi connectivity index (χ0) is 19.0. The number of hydrogen-bond acceptors (Lipinski definition) is 6. The summed E-state index contributed by atoms with van der Waals surface area (Å²) in [6, 6.07) is 7.93. The minimum absolute atomic E-state index is 0.286. The highest BCUT2D eigenvalue weighted by Gasteiger charge is 2.28. The summed E-state index contributed by atoms with van der Waals surface area (Å²) < 4.78 is 11.1. The Labute approximate surface area is 162 Å². The van der Waals surface area contributed by atoms with E-state index < -0.39 is 11.7 Å². The fraction of sp³-hybridized carbons (Fsp3) is 0.714. The largest absolute Gasteiger partial charge is 0.491 e. The monoisotopic (exact) mass is 378 g/mol. The highest BCUT2D eigenvalue weighted by molar-refractivity contribution is 5.28. The number of nitrogens with one attached hydrogen (secondary N) is 1. The summed E-state index contributed by atoms with van der Waals surface area (Å²) >= 11 is 0. The summed E-state index contributed by atoms with van der Waals surface area (Å²) in [5, 5.41) is 24.1. The summed E-state index contributed by atoms with van der Waals surface area (Å²) in [5.41, 5.74) is 0.574. The van der Waals surface area contributed by atoms with Crippen molar-refractivity contribution in [2.75, 3.05) is 46.0 Å². The number of benzene rings is 1. The number of hydrogen-bond donors (Lipinski definition) is 3. The zero-order valence-corrected chi connectivity index (χ0v) is 16.2. The third-order valence-electron chi connectivity index (χ3n) is 5.48. The standard InChI is InChI=1S/C21H34N2O4/c24-19(15-23-9-11-26-12-10-23)16-27-20-6-4-5-18(13-20)14-22-17-21(25)7-2-1-3-8-21/h4-6,13,19,22,24-25H,1-3,7-12,14-17H2/t19-/m1/s1. The molecule has 0 radical (unpaired) electrons. The molecule has 2 aliphatic rings. The number of aliphatic hydroxyl groups is 2. The molecule has 1 saturated carbocycles. The second kappa shape index (κ2) is 10.4. The predicted molar refractivity (Wildman–Crippen MR) is 105 cm³/mol. The average Bonchev–Trinajstić information content (AvgIpc) is 2.68. The molecule has 0 unspecified atom stereocenters. The van der Waals surface area contributed by atoms with E-state index in [1.54, 1.807) is 0 Å². The highest BCUT2D eigenvalue weighted by Crippen LogP contribution is 2.27. The van der Waals surface area contributed by atoms with Gasteiger partial charge in [0.05, 0.1) is 18.8 Å². The quantitative estimate of drug-likeness (QED) is 0.605. The lowest BCUT2D eigenvalue weighted by Crippen LogP contribution is -2.42. The topological polar surface area (TPSA) is 74.2 Å². The van der Waals surface area contributed by atoms with Crippen LogP contribution in [0.15, 0.2) is 24.3 Å². The lowest BCUT2D eigenvalue weighted by molar-refractivity contribution is 0.00418. The second-order valence-corrected chi connectivity index (χ2v) is 7.91. The molecule has 6 heteroatoms. The van der Waals surface area contributed by atoms with E-state index in [2.05, 4.69) is 16.3 Å². The molecular weight excluding hydrogens is 344 g/mol. The van der Waals surface area contributed by atoms with Crippen molar-refractivity contribution in [2.24, 2.45) is 0 Å². The molecule has 1 aliphatic carbocycles. The van der Waals surface area contributed by atoms with Crippen LogP contribution in [0.2, 0.25) is 0 Å². The number of ether oxygens (including phenoxy) is 2. The van der Waals surface area contributed by atoms with Crippen molar-refractivity contribution in [1.82, 2.24) is 10.2 Å². The van der Waals surface area contributed by atoms with Crippen LogP contribution in [0.5, 0.6) is 5.75 Å². The smallest absolute Gasteiger partial charge is 0.119 e. The molecule has 6 nitrogen and oxygen atoms in total. The average molecular weight is 379 g/mol. The third-order valence-corrected chi connectivity index (χ3v) is 5.48. The molecule has 27 heavy (non-hydrogen) atoms. The Kier molecular flexibility index (Phi) is 7.91. The van der Waals surface area contributed by atoms with Crippen molar-refractivity contribution in [3.05, 3.63) is 29.8 Å². The van der Waals surface area contributed by atoms with E-state index in [9.17, 15) is 10.2 Å². The summed E-state index contributed by atoms with van der Waals surface area (Å²) in [4.78, 5) is 2.20. The van der Waals surface area contributed by atoms with Gasteiger partial charge >= 0.3 is 0 Å². The molecular formula is C21H34N2O4. The predicted octanol–water partition coefficient (Wildman–Crippen LogP) is 1.54. The summed E-state index contributed by atoms with van der Waals surface area (Å²) in [5.74, 6) is 0.770. The van der Waals surface area contributed by atoms with E-state index in [1.807, 2.05) is 18.2 Å². The molecule has 152 valence electrons. The lowest BCUT2D eigenvalue weighted by atomic mass is 9.85. The van der Waals surface area contributed by atoms with Crippen LogP contribution in [0, 0.1) is 0 Å². The van der Waals surface area contributed by atoms with Gasteiger partial charge in [0.1, 0.15) is 18.5 Å². The Bertz CT molecular complexity index is 557. The van der Waals surface area contributed by atoms with Gasteiger partial charge in [0.2, 0.25) is 0 Å². The Morgan fingerprint density at radius 2 is 1.96 bits per heavy atom. The van der Waals surface area contributed by atoms with Crippen LogP contribution in [0.3, 0.4) is 0 Å². The summed E-state index contributed by atoms with van der Waals surface area (Å²) in [6.45, 7) is 5.44. The first kappa shape index (κ1) is 20.6.